The van der Waals surface area contributed by atoms with Gasteiger partial charge in [-0.1, -0.05) is 43.6 Å². The molecule has 0 bridgehead atoms. The molecule has 2 rings (SSSR count). The summed E-state index contributed by atoms with van der Waals surface area (Å²) in [6, 6.07) is 5.40. The van der Waals surface area contributed by atoms with Gasteiger partial charge in [-0.05, 0) is 24.6 Å². The number of amides is 1. The van der Waals surface area contributed by atoms with Gasteiger partial charge in [-0.2, -0.15) is 0 Å². The van der Waals surface area contributed by atoms with E-state index in [9.17, 15) is 4.79 Å². The van der Waals surface area contributed by atoms with E-state index in [0.29, 0.717) is 16.5 Å². The lowest BCUT2D eigenvalue weighted by atomic mass is 10.2. The number of methoxy groups -OCH3 is 1. The van der Waals surface area contributed by atoms with Gasteiger partial charge in [0.15, 0.2) is 11.0 Å². The molecule has 1 aromatic carbocycles. The minimum atomic E-state index is -0.146. The molecule has 0 radical (unpaired) electrons. The van der Waals surface area contributed by atoms with Crippen LogP contribution in [-0.2, 0) is 11.3 Å². The Labute approximate surface area is 182 Å². The molecule has 0 saturated carbocycles. The zero-order valence-corrected chi connectivity index (χ0v) is 19.4. The zero-order chi connectivity index (χ0) is 21.4. The number of aromatic nitrogens is 3. The number of nitrogens with zero attached hydrogens (tertiary/aromatic N) is 3. The summed E-state index contributed by atoms with van der Waals surface area (Å²) in [4.78, 5) is 13.8. The van der Waals surface area contributed by atoms with Crippen LogP contribution in [0.4, 0.5) is 5.69 Å². The minimum absolute atomic E-state index is 0.146. The number of anilines is 1. The highest BCUT2D eigenvalue weighted by Crippen LogP contribution is 2.28. The highest BCUT2D eigenvalue weighted by Gasteiger charge is 2.25. The van der Waals surface area contributed by atoms with Crippen molar-refractivity contribution in [3.8, 4) is 5.75 Å². The molecule has 1 amide bonds. The van der Waals surface area contributed by atoms with Gasteiger partial charge in [-0.15, -0.1) is 10.2 Å². The van der Waals surface area contributed by atoms with Crippen LogP contribution in [0.15, 0.2) is 23.4 Å². The molecular formula is C20H31ClN5O2S+. The summed E-state index contributed by atoms with van der Waals surface area (Å²) in [6.45, 7) is 5.18. The molecule has 2 N–H and O–H groups in total. The normalized spacial score (nSPS) is 12.2. The maximum absolute atomic E-state index is 12.5. The number of ether oxygens (including phenoxy) is 1. The molecule has 0 fully saturated rings. The van der Waals surface area contributed by atoms with Crippen LogP contribution in [0.3, 0.4) is 0 Å². The largest absolute Gasteiger partial charge is 0.495 e. The fourth-order valence-corrected chi connectivity index (χ4v) is 4.08. The van der Waals surface area contributed by atoms with Crippen LogP contribution >= 0.6 is 23.4 Å². The molecule has 2 aromatic rings. The second-order valence-electron chi connectivity index (χ2n) is 7.07. The predicted molar refractivity (Wildman–Crippen MR) is 118 cm³/mol. The second-order valence-corrected chi connectivity index (χ2v) is 8.44. The summed E-state index contributed by atoms with van der Waals surface area (Å²) in [5, 5.41) is 13.0. The standard InChI is InChI=1S/C20H30ClN5O2S/c1-6-8-11-26-19(16(7-2)25(3)4)23-24-20(26)29-13-18(27)22-15-12-14(21)9-10-17(15)28-5/h9-10,12,16H,6-8,11,13H2,1-5H3,(H,22,27)/p+1/t16-/m0/s1. The van der Waals surface area contributed by atoms with E-state index < -0.39 is 0 Å². The van der Waals surface area contributed by atoms with Crippen LogP contribution < -0.4 is 15.0 Å². The lowest BCUT2D eigenvalue weighted by molar-refractivity contribution is -0.893. The van der Waals surface area contributed by atoms with E-state index in [-0.39, 0.29) is 17.7 Å². The van der Waals surface area contributed by atoms with Gasteiger partial charge in [0.2, 0.25) is 5.91 Å². The smallest absolute Gasteiger partial charge is 0.234 e. The van der Waals surface area contributed by atoms with Crippen LogP contribution in [0.5, 0.6) is 5.75 Å². The Kier molecular flexibility index (Phi) is 9.26. The molecule has 160 valence electrons. The maximum Gasteiger partial charge on any atom is 0.234 e. The van der Waals surface area contributed by atoms with Gasteiger partial charge in [-0.3, -0.25) is 4.79 Å². The Morgan fingerprint density at radius 1 is 1.34 bits per heavy atom. The van der Waals surface area contributed by atoms with Gasteiger partial charge in [-0.25, -0.2) is 0 Å². The quantitative estimate of drug-likeness (QED) is 0.525. The molecule has 0 spiro atoms. The molecule has 0 aliphatic heterocycles. The molecule has 1 heterocycles. The molecule has 1 aromatic heterocycles. The molecule has 0 aliphatic carbocycles. The fraction of sp³-hybridized carbons (Fsp3) is 0.550. The average molecular weight is 441 g/mol. The van der Waals surface area contributed by atoms with E-state index in [0.717, 1.165) is 36.8 Å². The third kappa shape index (κ3) is 6.35. The number of nitrogens with one attached hydrogen (secondary N) is 2. The average Bonchev–Trinajstić information content (AvgIpc) is 3.07. The Morgan fingerprint density at radius 3 is 2.72 bits per heavy atom. The first-order chi connectivity index (χ1) is 13.9. The van der Waals surface area contributed by atoms with Crippen molar-refractivity contribution in [1.29, 1.82) is 0 Å². The molecule has 7 nitrogen and oxygen atoms in total. The van der Waals surface area contributed by atoms with Crippen LogP contribution in [-0.4, -0.2) is 47.6 Å². The van der Waals surface area contributed by atoms with Gasteiger partial charge in [0, 0.05) is 18.0 Å². The molecule has 0 saturated heterocycles. The zero-order valence-electron chi connectivity index (χ0n) is 17.8. The summed E-state index contributed by atoms with van der Waals surface area (Å²) < 4.78 is 7.45. The van der Waals surface area contributed by atoms with Gasteiger partial charge < -0.3 is 19.5 Å². The van der Waals surface area contributed by atoms with Crippen molar-refractivity contribution in [2.24, 2.45) is 0 Å². The highest BCUT2D eigenvalue weighted by molar-refractivity contribution is 7.99. The number of hydrogen-bond acceptors (Lipinski definition) is 5. The van der Waals surface area contributed by atoms with Crippen LogP contribution in [0.2, 0.25) is 5.02 Å². The van der Waals surface area contributed by atoms with Crippen LogP contribution in [0.25, 0.3) is 0 Å². The van der Waals surface area contributed by atoms with Crippen molar-refractivity contribution in [2.75, 3.05) is 32.3 Å². The van der Waals surface area contributed by atoms with Crippen molar-refractivity contribution in [3.05, 3.63) is 29.0 Å². The van der Waals surface area contributed by atoms with Crippen molar-refractivity contribution in [1.82, 2.24) is 14.8 Å². The first-order valence-electron chi connectivity index (χ1n) is 9.90. The van der Waals surface area contributed by atoms with Gasteiger partial charge >= 0.3 is 0 Å². The lowest BCUT2D eigenvalue weighted by Crippen LogP contribution is -3.06. The molecule has 0 aliphatic rings. The first-order valence-corrected chi connectivity index (χ1v) is 11.3. The predicted octanol–water partition coefficient (Wildman–Crippen LogP) is 3.07. The van der Waals surface area contributed by atoms with E-state index in [2.05, 4.69) is 48.0 Å². The van der Waals surface area contributed by atoms with Crippen molar-refractivity contribution in [3.63, 3.8) is 0 Å². The Morgan fingerprint density at radius 2 is 2.10 bits per heavy atom. The number of hydrogen-bond donors (Lipinski definition) is 2. The Bertz CT molecular complexity index is 812. The first kappa shape index (κ1) is 23.5. The van der Waals surface area contributed by atoms with Crippen molar-refractivity contribution < 1.29 is 14.4 Å². The monoisotopic (exact) mass is 440 g/mol. The van der Waals surface area contributed by atoms with Gasteiger partial charge in [0.1, 0.15) is 11.8 Å². The summed E-state index contributed by atoms with van der Waals surface area (Å²) in [7, 11) is 5.82. The number of thioether (sulfide) groups is 1. The number of benzene rings is 1. The third-order valence-electron chi connectivity index (χ3n) is 4.67. The second kappa shape index (κ2) is 11.4. The fourth-order valence-electron chi connectivity index (χ4n) is 3.13. The molecule has 0 unspecified atom stereocenters. The number of halogens is 1. The Hall–Kier alpha value is -1.77. The topological polar surface area (TPSA) is 73.5 Å². The summed E-state index contributed by atoms with van der Waals surface area (Å²) in [5.74, 6) is 1.64. The number of carbonyl (C=O) groups is 1. The summed E-state index contributed by atoms with van der Waals surface area (Å²) in [6.07, 6.45) is 3.11. The molecule has 9 heteroatoms. The van der Waals surface area contributed by atoms with E-state index in [1.165, 1.54) is 16.7 Å². The van der Waals surface area contributed by atoms with E-state index in [1.807, 2.05) is 0 Å². The number of quaternary nitrogens is 1. The Balaban J connectivity index is 2.12. The lowest BCUT2D eigenvalue weighted by Gasteiger charge is -2.20. The van der Waals surface area contributed by atoms with Crippen LogP contribution in [0, 0.1) is 0 Å². The van der Waals surface area contributed by atoms with Crippen LogP contribution in [0.1, 0.15) is 45.0 Å². The van der Waals surface area contributed by atoms with E-state index >= 15 is 0 Å². The maximum atomic E-state index is 12.5. The highest BCUT2D eigenvalue weighted by atomic mass is 35.5. The van der Waals surface area contributed by atoms with E-state index in [4.69, 9.17) is 16.3 Å². The van der Waals surface area contributed by atoms with Crippen molar-refractivity contribution >= 4 is 35.0 Å². The van der Waals surface area contributed by atoms with Crippen molar-refractivity contribution in [2.45, 2.75) is 50.9 Å². The minimum Gasteiger partial charge on any atom is -0.495 e. The number of unbranched alkanes of at least 4 members (excludes halogenated alkanes) is 1. The summed E-state index contributed by atoms with van der Waals surface area (Å²) in [5.41, 5.74) is 0.556. The van der Waals surface area contributed by atoms with Gasteiger partial charge in [0.05, 0.1) is 32.6 Å². The molecular weight excluding hydrogens is 410 g/mol. The molecule has 1 atom stereocenters. The number of rotatable bonds is 11. The third-order valence-corrected chi connectivity index (χ3v) is 5.87. The van der Waals surface area contributed by atoms with Gasteiger partial charge in [0.25, 0.3) is 0 Å². The molecule has 29 heavy (non-hydrogen) atoms. The number of carbonyl (C=O) groups excluding carboxylic acids is 1. The summed E-state index contributed by atoms with van der Waals surface area (Å²) >= 11 is 7.43. The van der Waals surface area contributed by atoms with E-state index in [1.54, 1.807) is 25.3 Å². The SMILES string of the molecule is CCCCn1c(SCC(=O)Nc2cc(Cl)ccc2OC)nnc1[C@H](CC)[NH+](C)C.